The highest BCUT2D eigenvalue weighted by molar-refractivity contribution is 5.64. The van der Waals surface area contributed by atoms with E-state index in [1.807, 2.05) is 30.5 Å². The number of likely N-dealkylation sites (tertiary alicyclic amines) is 1. The smallest absolute Gasteiger partial charge is 0.223 e. The van der Waals surface area contributed by atoms with E-state index in [9.17, 15) is 4.39 Å². The second kappa shape index (κ2) is 11.0. The van der Waals surface area contributed by atoms with E-state index in [4.69, 9.17) is 14.5 Å². The van der Waals surface area contributed by atoms with Crippen LogP contribution in [-0.4, -0.2) is 68.9 Å². The number of hydrogen-bond acceptors (Lipinski definition) is 8. The van der Waals surface area contributed by atoms with Crippen LogP contribution in [0, 0.1) is 5.82 Å². The van der Waals surface area contributed by atoms with Gasteiger partial charge in [-0.25, -0.2) is 14.4 Å². The zero-order valence-electron chi connectivity index (χ0n) is 21.5. The van der Waals surface area contributed by atoms with Gasteiger partial charge in [-0.15, -0.1) is 10.2 Å². The molecular weight excluding hydrogens is 485 g/mol. The van der Waals surface area contributed by atoms with E-state index in [1.165, 1.54) is 6.07 Å². The Morgan fingerprint density at radius 3 is 2.89 bits per heavy atom. The van der Waals surface area contributed by atoms with Gasteiger partial charge in [-0.3, -0.25) is 9.30 Å². The second-order valence-corrected chi connectivity index (χ2v) is 9.99. The maximum atomic E-state index is 14.5. The normalized spacial score (nSPS) is 19.1. The molecule has 0 saturated carbocycles. The molecule has 1 aromatic carbocycles. The Balaban J connectivity index is 1.19. The summed E-state index contributed by atoms with van der Waals surface area (Å²) in [6.45, 7) is 3.73. The van der Waals surface area contributed by atoms with Crippen LogP contribution in [0.5, 0.6) is 5.75 Å². The summed E-state index contributed by atoms with van der Waals surface area (Å²) in [4.78, 5) is 11.4. The largest absolute Gasteiger partial charge is 0.496 e. The molecule has 2 saturated heterocycles. The van der Waals surface area contributed by atoms with Gasteiger partial charge in [-0.05, 0) is 62.6 Å². The number of pyridine rings is 1. The summed E-state index contributed by atoms with van der Waals surface area (Å²) in [5, 5.41) is 12.5. The summed E-state index contributed by atoms with van der Waals surface area (Å²) in [5.41, 5.74) is 3.18. The number of anilines is 1. The first-order valence-electron chi connectivity index (χ1n) is 13.2. The van der Waals surface area contributed by atoms with Crippen molar-refractivity contribution in [2.45, 2.75) is 44.2 Å². The van der Waals surface area contributed by atoms with Crippen molar-refractivity contribution in [1.82, 2.24) is 29.5 Å². The zero-order valence-corrected chi connectivity index (χ0v) is 21.5. The van der Waals surface area contributed by atoms with Gasteiger partial charge in [0, 0.05) is 61.8 Å². The van der Waals surface area contributed by atoms with Crippen LogP contribution in [-0.2, 0) is 11.3 Å². The standard InChI is InChI=1S/C28H32FN7O2/c1-37-25-6-2-5-23(29)22(25)18-35-12-3-4-20(17-35)27-34-33-26-16-19(8-13-36(26)27)24-7-11-30-28(32-24)31-21-9-14-38-15-10-21/h2,5-8,11,13,16,20-21H,3-4,9-10,12,14-15,17-18H2,1H3,(H,30,31,32). The van der Waals surface area contributed by atoms with Crippen molar-refractivity contribution in [1.29, 1.82) is 0 Å². The van der Waals surface area contributed by atoms with E-state index >= 15 is 0 Å². The predicted octanol–water partition coefficient (Wildman–Crippen LogP) is 4.30. The molecule has 0 amide bonds. The Bertz CT molecular complexity index is 1410. The molecule has 3 aromatic heterocycles. The van der Waals surface area contributed by atoms with E-state index in [2.05, 4.69) is 29.8 Å². The number of methoxy groups -OCH3 is 1. The topological polar surface area (TPSA) is 89.7 Å². The van der Waals surface area contributed by atoms with Gasteiger partial charge in [-0.2, -0.15) is 0 Å². The minimum atomic E-state index is -0.234. The Hall–Kier alpha value is -3.63. The molecule has 2 aliphatic heterocycles. The fraction of sp³-hybridized carbons (Fsp3) is 0.429. The molecule has 2 aliphatic rings. The lowest BCUT2D eigenvalue weighted by atomic mass is 9.96. The first kappa shape index (κ1) is 24.7. The minimum absolute atomic E-state index is 0.205. The lowest BCUT2D eigenvalue weighted by Crippen LogP contribution is -2.35. The molecule has 9 nitrogen and oxygen atoms in total. The summed E-state index contributed by atoms with van der Waals surface area (Å²) in [6.07, 6.45) is 7.74. The van der Waals surface area contributed by atoms with Gasteiger partial charge in [0.2, 0.25) is 5.95 Å². The Morgan fingerprint density at radius 1 is 1.13 bits per heavy atom. The number of aromatic nitrogens is 5. The maximum Gasteiger partial charge on any atom is 0.223 e. The highest BCUT2D eigenvalue weighted by atomic mass is 19.1. The monoisotopic (exact) mass is 517 g/mol. The number of ether oxygens (including phenoxy) is 2. The fourth-order valence-corrected chi connectivity index (χ4v) is 5.48. The van der Waals surface area contributed by atoms with Crippen LogP contribution < -0.4 is 10.1 Å². The van der Waals surface area contributed by atoms with Gasteiger partial charge >= 0.3 is 0 Å². The molecule has 0 spiro atoms. The van der Waals surface area contributed by atoms with Crippen molar-refractivity contribution in [2.75, 3.05) is 38.7 Å². The average molecular weight is 518 g/mol. The van der Waals surface area contributed by atoms with Gasteiger partial charge < -0.3 is 14.8 Å². The van der Waals surface area contributed by atoms with Crippen LogP contribution in [0.2, 0.25) is 0 Å². The molecule has 1 N–H and O–H groups in total. The third-order valence-corrected chi connectivity index (χ3v) is 7.49. The van der Waals surface area contributed by atoms with Crippen molar-refractivity contribution in [2.24, 2.45) is 0 Å². The van der Waals surface area contributed by atoms with Crippen LogP contribution >= 0.6 is 0 Å². The number of hydrogen-bond donors (Lipinski definition) is 1. The molecule has 4 aromatic rings. The van der Waals surface area contributed by atoms with Crippen molar-refractivity contribution >= 4 is 11.6 Å². The molecule has 0 aliphatic carbocycles. The lowest BCUT2D eigenvalue weighted by molar-refractivity contribution is 0.0903. The van der Waals surface area contributed by atoms with E-state index in [-0.39, 0.29) is 11.7 Å². The van der Waals surface area contributed by atoms with E-state index in [0.717, 1.165) is 74.7 Å². The number of benzene rings is 1. The number of piperidine rings is 1. The maximum absolute atomic E-state index is 14.5. The second-order valence-electron chi connectivity index (χ2n) is 9.99. The van der Waals surface area contributed by atoms with Crippen molar-refractivity contribution < 1.29 is 13.9 Å². The predicted molar refractivity (Wildman–Crippen MR) is 142 cm³/mol. The van der Waals surface area contributed by atoms with Crippen molar-refractivity contribution in [3.05, 3.63) is 66.0 Å². The van der Waals surface area contributed by atoms with Crippen molar-refractivity contribution in [3.63, 3.8) is 0 Å². The fourth-order valence-electron chi connectivity index (χ4n) is 5.48. The Kier molecular flexibility index (Phi) is 7.15. The number of halogens is 1. The molecule has 38 heavy (non-hydrogen) atoms. The van der Waals surface area contributed by atoms with Gasteiger partial charge in [0.15, 0.2) is 5.65 Å². The van der Waals surface area contributed by atoms with E-state index < -0.39 is 0 Å². The third kappa shape index (κ3) is 5.19. The molecule has 2 fully saturated rings. The number of rotatable bonds is 7. The number of nitrogens with one attached hydrogen (secondary N) is 1. The first-order chi connectivity index (χ1) is 18.7. The highest BCUT2D eigenvalue weighted by Gasteiger charge is 2.27. The summed E-state index contributed by atoms with van der Waals surface area (Å²) >= 11 is 0. The molecule has 1 unspecified atom stereocenters. The van der Waals surface area contributed by atoms with Crippen LogP contribution in [0.25, 0.3) is 16.9 Å². The van der Waals surface area contributed by atoms with Crippen LogP contribution in [0.15, 0.2) is 48.8 Å². The Labute approximate surface area is 221 Å². The summed E-state index contributed by atoms with van der Waals surface area (Å²) in [5.74, 6) is 2.12. The molecule has 10 heteroatoms. The van der Waals surface area contributed by atoms with Crippen LogP contribution in [0.1, 0.15) is 43.0 Å². The molecular formula is C28H32FN7O2. The molecule has 5 heterocycles. The number of fused-ring (bicyclic) bond motifs is 1. The average Bonchev–Trinajstić information content (AvgIpc) is 3.38. The summed E-state index contributed by atoms with van der Waals surface area (Å²) in [7, 11) is 1.58. The SMILES string of the molecule is COc1cccc(F)c1CN1CCCC(c2nnc3cc(-c4ccnc(NC5CCOCC5)n4)ccn23)C1. The molecule has 0 bridgehead atoms. The lowest BCUT2D eigenvalue weighted by Gasteiger charge is -2.32. The Morgan fingerprint density at radius 2 is 2.03 bits per heavy atom. The zero-order chi connectivity index (χ0) is 25.9. The first-order valence-corrected chi connectivity index (χ1v) is 13.2. The van der Waals surface area contributed by atoms with Gasteiger partial charge in [0.1, 0.15) is 17.4 Å². The molecule has 198 valence electrons. The third-order valence-electron chi connectivity index (χ3n) is 7.49. The summed E-state index contributed by atoms with van der Waals surface area (Å²) < 4.78 is 27.5. The van der Waals surface area contributed by atoms with E-state index in [0.29, 0.717) is 29.8 Å². The highest BCUT2D eigenvalue weighted by Crippen LogP contribution is 2.30. The van der Waals surface area contributed by atoms with Crippen LogP contribution in [0.3, 0.4) is 0 Å². The quantitative estimate of drug-likeness (QED) is 0.388. The van der Waals surface area contributed by atoms with Gasteiger partial charge in [-0.1, -0.05) is 6.07 Å². The molecule has 0 radical (unpaired) electrons. The number of nitrogens with zero attached hydrogens (tertiary/aromatic N) is 6. The van der Waals surface area contributed by atoms with Gasteiger partial charge in [0.05, 0.1) is 12.8 Å². The van der Waals surface area contributed by atoms with E-state index in [1.54, 1.807) is 19.4 Å². The van der Waals surface area contributed by atoms with Crippen LogP contribution in [0.4, 0.5) is 10.3 Å². The van der Waals surface area contributed by atoms with Gasteiger partial charge in [0.25, 0.3) is 0 Å². The molecule has 6 rings (SSSR count). The minimum Gasteiger partial charge on any atom is -0.496 e. The molecule has 1 atom stereocenters. The summed E-state index contributed by atoms with van der Waals surface area (Å²) in [6, 6.07) is 11.3. The van der Waals surface area contributed by atoms with Crippen molar-refractivity contribution in [3.8, 4) is 17.0 Å².